The minimum absolute atomic E-state index is 0.0793. The number of hydrogen-bond acceptors (Lipinski definition) is 5. The number of aromatic nitrogens is 2. The topological polar surface area (TPSA) is 105 Å². The molecule has 2 aliphatic heterocycles. The zero-order chi connectivity index (χ0) is 21.5. The summed E-state index contributed by atoms with van der Waals surface area (Å²) in [6.07, 6.45) is 3.51. The Kier molecular flexibility index (Phi) is 5.37. The predicted octanol–water partition coefficient (Wildman–Crippen LogP) is 0.995. The molecule has 0 aliphatic carbocycles. The Morgan fingerprint density at radius 3 is 2.77 bits per heavy atom. The van der Waals surface area contributed by atoms with Crippen LogP contribution < -0.4 is 5.32 Å². The molecule has 1 saturated heterocycles. The van der Waals surface area contributed by atoms with E-state index in [4.69, 9.17) is 0 Å². The number of benzene rings is 1. The number of carbonyl (C=O) groups is 2. The normalized spacial score (nSPS) is 20.7. The third kappa shape index (κ3) is 3.50. The molecule has 1 aromatic heterocycles. The fourth-order valence-electron chi connectivity index (χ4n) is 4.08. The van der Waals surface area contributed by atoms with Gasteiger partial charge >= 0.3 is 0 Å². The molecule has 160 valence electrons. The molecule has 1 atom stereocenters. The molecule has 1 aromatic carbocycles. The molecular weight excluding hydrogens is 406 g/mol. The molecule has 1 fully saturated rings. The molecule has 0 unspecified atom stereocenters. The molecule has 30 heavy (non-hydrogen) atoms. The van der Waals surface area contributed by atoms with E-state index in [-0.39, 0.29) is 29.6 Å². The summed E-state index contributed by atoms with van der Waals surface area (Å²) in [5, 5.41) is 2.46. The molecule has 1 N–H and O–H groups in total. The van der Waals surface area contributed by atoms with E-state index in [9.17, 15) is 18.0 Å². The van der Waals surface area contributed by atoms with Gasteiger partial charge in [-0.1, -0.05) is 19.1 Å². The number of nitrogens with zero attached hydrogens (tertiary/aromatic N) is 4. The summed E-state index contributed by atoms with van der Waals surface area (Å²) in [5.74, 6) is -0.219. The van der Waals surface area contributed by atoms with Crippen molar-refractivity contribution < 1.29 is 18.0 Å². The molecule has 9 nitrogen and oxygen atoms in total. The lowest BCUT2D eigenvalue weighted by Crippen LogP contribution is -2.41. The summed E-state index contributed by atoms with van der Waals surface area (Å²) in [6.45, 7) is 2.97. The van der Waals surface area contributed by atoms with Gasteiger partial charge in [-0.3, -0.25) is 14.2 Å². The van der Waals surface area contributed by atoms with Crippen LogP contribution in [0, 0.1) is 5.92 Å². The van der Waals surface area contributed by atoms with E-state index >= 15 is 0 Å². The maximum Gasteiger partial charge on any atom is 0.274 e. The van der Waals surface area contributed by atoms with Crippen molar-refractivity contribution in [3.8, 4) is 5.69 Å². The van der Waals surface area contributed by atoms with Crippen molar-refractivity contribution in [2.75, 3.05) is 26.7 Å². The van der Waals surface area contributed by atoms with Gasteiger partial charge in [0.2, 0.25) is 15.9 Å². The van der Waals surface area contributed by atoms with E-state index in [1.165, 1.54) is 19.4 Å². The predicted molar refractivity (Wildman–Crippen MR) is 110 cm³/mol. The minimum atomic E-state index is -3.94. The second-order valence-corrected chi connectivity index (χ2v) is 9.73. The van der Waals surface area contributed by atoms with Crippen LogP contribution in [0.4, 0.5) is 0 Å². The van der Waals surface area contributed by atoms with Crippen molar-refractivity contribution in [2.24, 2.45) is 5.92 Å². The number of carbonyl (C=O) groups excluding carboxylic acids is 2. The van der Waals surface area contributed by atoms with Crippen molar-refractivity contribution in [2.45, 2.75) is 31.2 Å². The van der Waals surface area contributed by atoms with Crippen LogP contribution in [0.25, 0.3) is 5.69 Å². The Labute approximate surface area is 175 Å². The van der Waals surface area contributed by atoms with Crippen molar-refractivity contribution >= 4 is 21.8 Å². The van der Waals surface area contributed by atoms with E-state index < -0.39 is 15.9 Å². The molecule has 2 amide bonds. The number of sulfonamides is 1. The number of rotatable bonds is 3. The third-order valence-corrected chi connectivity index (χ3v) is 7.52. The van der Waals surface area contributed by atoms with Gasteiger partial charge in [0.05, 0.1) is 24.5 Å². The first-order valence-corrected chi connectivity index (χ1v) is 11.4. The third-order valence-electron chi connectivity index (χ3n) is 5.68. The number of imidazole rings is 1. The first-order chi connectivity index (χ1) is 14.3. The fourth-order valence-corrected chi connectivity index (χ4v) is 5.62. The highest BCUT2D eigenvalue weighted by molar-refractivity contribution is 7.89. The number of hydrogen-bond donors (Lipinski definition) is 1. The van der Waals surface area contributed by atoms with Gasteiger partial charge in [-0.15, -0.1) is 0 Å². The highest BCUT2D eigenvalue weighted by atomic mass is 32.2. The van der Waals surface area contributed by atoms with Gasteiger partial charge in [-0.2, -0.15) is 4.31 Å². The summed E-state index contributed by atoms with van der Waals surface area (Å²) in [6, 6.07) is 6.56. The van der Waals surface area contributed by atoms with Crippen molar-refractivity contribution in [3.63, 3.8) is 0 Å². The van der Waals surface area contributed by atoms with Gasteiger partial charge in [0.1, 0.15) is 11.2 Å². The summed E-state index contributed by atoms with van der Waals surface area (Å²) in [5.41, 5.74) is 1.12. The van der Waals surface area contributed by atoms with Crippen molar-refractivity contribution in [1.29, 1.82) is 0 Å². The Bertz CT molecular complexity index is 1090. The lowest BCUT2D eigenvalue weighted by atomic mass is 10.00. The van der Waals surface area contributed by atoms with Gasteiger partial charge in [-0.05, 0) is 30.9 Å². The number of likely N-dealkylation sites (tertiary alicyclic amines) is 1. The van der Waals surface area contributed by atoms with E-state index in [1.807, 2.05) is 0 Å². The largest absolute Gasteiger partial charge is 0.358 e. The molecule has 0 bridgehead atoms. The summed E-state index contributed by atoms with van der Waals surface area (Å²) in [4.78, 5) is 31.5. The monoisotopic (exact) mass is 431 g/mol. The van der Waals surface area contributed by atoms with E-state index in [0.717, 1.165) is 17.1 Å². The van der Waals surface area contributed by atoms with E-state index in [0.29, 0.717) is 30.4 Å². The van der Waals surface area contributed by atoms with Crippen molar-refractivity contribution in [3.05, 3.63) is 42.0 Å². The zero-order valence-corrected chi connectivity index (χ0v) is 17.9. The van der Waals surface area contributed by atoms with Crippen molar-refractivity contribution in [1.82, 2.24) is 24.1 Å². The molecule has 4 rings (SSSR count). The molecule has 2 aromatic rings. The molecule has 2 aliphatic rings. The van der Waals surface area contributed by atoms with Crippen LogP contribution >= 0.6 is 0 Å². The van der Waals surface area contributed by atoms with Gasteiger partial charge in [0.25, 0.3) is 5.91 Å². The zero-order valence-electron chi connectivity index (χ0n) is 17.0. The number of likely N-dealkylation sites (N-methyl/N-ethyl adjacent to an activating group) is 1. The lowest BCUT2D eigenvalue weighted by molar-refractivity contribution is -0.120. The fraction of sp³-hybridized carbons (Fsp3) is 0.450. The summed E-state index contributed by atoms with van der Waals surface area (Å²) in [7, 11) is -2.48. The molecule has 0 spiro atoms. The lowest BCUT2D eigenvalue weighted by Gasteiger charge is -2.30. The highest BCUT2D eigenvalue weighted by Crippen LogP contribution is 2.31. The number of para-hydroxylation sites is 1. The SMILES string of the molecule is CNC(=O)CN1Cc2c(C(=O)N3CCC[C@@H](C)C3)ncn2-c2ccccc2S1(=O)=O. The quantitative estimate of drug-likeness (QED) is 0.781. The van der Waals surface area contributed by atoms with Crippen LogP contribution in [0.2, 0.25) is 0 Å². The standard InChI is InChI=1S/C20H25N5O4S/c1-14-6-5-9-23(10-14)20(27)19-16-11-24(12-18(26)21-2)30(28,29)17-8-4-3-7-15(17)25(16)13-22-19/h3-4,7-8,13-14H,5-6,9-12H2,1-2H3,(H,21,26)/t14-/m1/s1. The molecule has 0 saturated carbocycles. The van der Waals surface area contributed by atoms with Gasteiger partial charge in [0, 0.05) is 20.1 Å². The average Bonchev–Trinajstić information content (AvgIpc) is 3.12. The highest BCUT2D eigenvalue weighted by Gasteiger charge is 2.36. The first-order valence-electron chi connectivity index (χ1n) is 9.98. The second-order valence-electron chi connectivity index (χ2n) is 7.82. The van der Waals surface area contributed by atoms with Gasteiger partial charge in [-0.25, -0.2) is 13.4 Å². The number of fused-ring (bicyclic) bond motifs is 3. The smallest absolute Gasteiger partial charge is 0.274 e. The molecule has 10 heteroatoms. The van der Waals surface area contributed by atoms with Crippen LogP contribution in [0.15, 0.2) is 35.5 Å². The van der Waals surface area contributed by atoms with Crippen LogP contribution in [0.1, 0.15) is 35.9 Å². The number of amides is 2. The maximum absolute atomic E-state index is 13.3. The summed E-state index contributed by atoms with van der Waals surface area (Å²) < 4.78 is 29.3. The van der Waals surface area contributed by atoms with Crippen LogP contribution in [-0.4, -0.2) is 65.7 Å². The van der Waals surface area contributed by atoms with E-state index in [1.54, 1.807) is 27.7 Å². The number of piperidine rings is 1. The Hall–Kier alpha value is -2.72. The van der Waals surface area contributed by atoms with Gasteiger partial charge < -0.3 is 10.2 Å². The molecule has 0 radical (unpaired) electrons. The van der Waals surface area contributed by atoms with Crippen LogP contribution in [-0.2, 0) is 21.4 Å². The first kappa shape index (κ1) is 20.5. The van der Waals surface area contributed by atoms with E-state index in [2.05, 4.69) is 17.2 Å². The van der Waals surface area contributed by atoms with Crippen LogP contribution in [0.5, 0.6) is 0 Å². The number of nitrogens with one attached hydrogen (secondary N) is 1. The minimum Gasteiger partial charge on any atom is -0.358 e. The Morgan fingerprint density at radius 1 is 1.27 bits per heavy atom. The second kappa shape index (κ2) is 7.84. The summed E-state index contributed by atoms with van der Waals surface area (Å²) >= 11 is 0. The van der Waals surface area contributed by atoms with Crippen LogP contribution in [0.3, 0.4) is 0 Å². The average molecular weight is 432 g/mol. The van der Waals surface area contributed by atoms with Gasteiger partial charge in [0.15, 0.2) is 5.69 Å². The Morgan fingerprint density at radius 2 is 2.03 bits per heavy atom. The molecular formula is C20H25N5O4S. The Balaban J connectivity index is 1.81. The maximum atomic E-state index is 13.3. The molecule has 3 heterocycles.